The first kappa shape index (κ1) is 13.9. The molecule has 4 nitrogen and oxygen atoms in total. The molecule has 20 heavy (non-hydrogen) atoms. The Kier molecular flexibility index (Phi) is 3.94. The number of rotatable bonds is 3. The van der Waals surface area contributed by atoms with Gasteiger partial charge >= 0.3 is 5.97 Å². The zero-order chi connectivity index (χ0) is 14.7. The zero-order valence-electron chi connectivity index (χ0n) is 11.6. The smallest absolute Gasteiger partial charge is 0.343 e. The third-order valence-electron chi connectivity index (χ3n) is 3.05. The molecule has 0 aliphatic carbocycles. The number of esters is 1. The van der Waals surface area contributed by atoms with Crippen molar-refractivity contribution >= 4 is 12.3 Å². The van der Waals surface area contributed by atoms with Gasteiger partial charge in [-0.15, -0.1) is 0 Å². The summed E-state index contributed by atoms with van der Waals surface area (Å²) in [6, 6.07) is 7.05. The number of pyridine rings is 1. The third kappa shape index (κ3) is 2.74. The highest BCUT2D eigenvalue weighted by Gasteiger charge is 2.16. The number of carbonyl (C=O) groups is 2. The molecule has 2 rings (SSSR count). The number of aromatic nitrogens is 1. The minimum atomic E-state index is -0.497. The summed E-state index contributed by atoms with van der Waals surface area (Å²) >= 11 is 0. The summed E-state index contributed by atoms with van der Waals surface area (Å²) in [5.41, 5.74) is 3.05. The SMILES string of the molecule is Cc1ccc(C(=O)Oc2c(C)ncc(C)c2C=O)cc1. The van der Waals surface area contributed by atoms with Crippen LogP contribution >= 0.6 is 0 Å². The van der Waals surface area contributed by atoms with Crippen molar-refractivity contribution in [2.45, 2.75) is 20.8 Å². The molecule has 0 bridgehead atoms. The van der Waals surface area contributed by atoms with Crippen LogP contribution < -0.4 is 4.74 Å². The topological polar surface area (TPSA) is 56.3 Å². The summed E-state index contributed by atoms with van der Waals surface area (Å²) in [6.45, 7) is 5.39. The third-order valence-corrected chi connectivity index (χ3v) is 3.05. The largest absolute Gasteiger partial charge is 0.420 e. The van der Waals surface area contributed by atoms with E-state index in [9.17, 15) is 9.59 Å². The Hall–Kier alpha value is -2.49. The molecule has 0 unspecified atom stereocenters. The Morgan fingerprint density at radius 1 is 1.15 bits per heavy atom. The van der Waals surface area contributed by atoms with E-state index in [0.717, 1.165) is 5.56 Å². The van der Waals surface area contributed by atoms with Crippen LogP contribution in [0.3, 0.4) is 0 Å². The molecule has 1 aromatic carbocycles. The van der Waals surface area contributed by atoms with Gasteiger partial charge in [0.05, 0.1) is 16.8 Å². The molecule has 1 heterocycles. The molecule has 1 aromatic heterocycles. The van der Waals surface area contributed by atoms with E-state index in [4.69, 9.17) is 4.74 Å². The molecule has 0 fully saturated rings. The lowest BCUT2D eigenvalue weighted by molar-refractivity contribution is 0.0731. The highest BCUT2D eigenvalue weighted by atomic mass is 16.5. The standard InChI is InChI=1S/C16H15NO3/c1-10-4-6-13(7-5-10)16(19)20-15-12(3)17-8-11(2)14(15)9-18/h4-9H,1-3H3. The number of hydrogen-bond donors (Lipinski definition) is 0. The lowest BCUT2D eigenvalue weighted by atomic mass is 10.1. The average molecular weight is 269 g/mol. The molecule has 0 spiro atoms. The molecule has 0 N–H and O–H groups in total. The second-order valence-corrected chi connectivity index (χ2v) is 4.64. The van der Waals surface area contributed by atoms with Crippen molar-refractivity contribution in [1.29, 1.82) is 0 Å². The highest BCUT2D eigenvalue weighted by Crippen LogP contribution is 2.24. The molecule has 0 saturated carbocycles. The second kappa shape index (κ2) is 5.65. The Labute approximate surface area is 117 Å². The average Bonchev–Trinajstić information content (AvgIpc) is 2.44. The fraction of sp³-hybridized carbons (Fsp3) is 0.188. The Bertz CT molecular complexity index is 660. The van der Waals surface area contributed by atoms with Gasteiger partial charge in [0.2, 0.25) is 0 Å². The summed E-state index contributed by atoms with van der Waals surface area (Å²) in [5, 5.41) is 0. The first-order valence-electron chi connectivity index (χ1n) is 6.23. The molecule has 0 aliphatic rings. The highest BCUT2D eigenvalue weighted by molar-refractivity contribution is 5.93. The quantitative estimate of drug-likeness (QED) is 0.634. The fourth-order valence-electron chi connectivity index (χ4n) is 1.81. The molecule has 0 atom stereocenters. The predicted octanol–water partition coefficient (Wildman–Crippen LogP) is 3.04. The predicted molar refractivity (Wildman–Crippen MR) is 75.2 cm³/mol. The summed E-state index contributed by atoms with van der Waals surface area (Å²) in [6.07, 6.45) is 2.27. The van der Waals surface area contributed by atoms with Gasteiger partial charge in [-0.2, -0.15) is 0 Å². The first-order valence-corrected chi connectivity index (χ1v) is 6.23. The van der Waals surface area contributed by atoms with Crippen LogP contribution in [-0.4, -0.2) is 17.2 Å². The van der Waals surface area contributed by atoms with Crippen LogP contribution in [0.4, 0.5) is 0 Å². The summed E-state index contributed by atoms with van der Waals surface area (Å²) in [7, 11) is 0. The van der Waals surface area contributed by atoms with Crippen molar-refractivity contribution < 1.29 is 14.3 Å². The zero-order valence-corrected chi connectivity index (χ0v) is 11.6. The van der Waals surface area contributed by atoms with E-state index in [-0.39, 0.29) is 5.75 Å². The normalized spacial score (nSPS) is 10.2. The van der Waals surface area contributed by atoms with Crippen LogP contribution in [-0.2, 0) is 0 Å². The van der Waals surface area contributed by atoms with Gasteiger partial charge in [0, 0.05) is 6.20 Å². The molecular formula is C16H15NO3. The van der Waals surface area contributed by atoms with Gasteiger partial charge in [0.1, 0.15) is 0 Å². The monoisotopic (exact) mass is 269 g/mol. The van der Waals surface area contributed by atoms with Gasteiger partial charge in [-0.1, -0.05) is 17.7 Å². The summed E-state index contributed by atoms with van der Waals surface area (Å²) < 4.78 is 5.34. The molecule has 0 saturated heterocycles. The Balaban J connectivity index is 2.35. The maximum absolute atomic E-state index is 12.1. The van der Waals surface area contributed by atoms with Gasteiger partial charge in [0.15, 0.2) is 12.0 Å². The summed E-state index contributed by atoms with van der Waals surface area (Å²) in [5.74, 6) is -0.269. The number of benzene rings is 1. The molecule has 2 aromatic rings. The van der Waals surface area contributed by atoms with E-state index in [1.165, 1.54) is 0 Å². The lowest BCUT2D eigenvalue weighted by Crippen LogP contribution is -2.12. The molecule has 4 heteroatoms. The van der Waals surface area contributed by atoms with Crippen LogP contribution in [0.15, 0.2) is 30.5 Å². The van der Waals surface area contributed by atoms with Gasteiger partial charge < -0.3 is 4.74 Å². The van der Waals surface area contributed by atoms with Crippen molar-refractivity contribution in [2.24, 2.45) is 0 Å². The van der Waals surface area contributed by atoms with E-state index in [1.54, 1.807) is 32.2 Å². The number of hydrogen-bond acceptors (Lipinski definition) is 4. The lowest BCUT2D eigenvalue weighted by Gasteiger charge is -2.11. The Morgan fingerprint density at radius 3 is 2.40 bits per heavy atom. The van der Waals surface area contributed by atoms with Gasteiger partial charge in [-0.25, -0.2) is 4.79 Å². The van der Waals surface area contributed by atoms with Crippen molar-refractivity contribution in [3.8, 4) is 5.75 Å². The van der Waals surface area contributed by atoms with Crippen molar-refractivity contribution in [3.63, 3.8) is 0 Å². The van der Waals surface area contributed by atoms with Crippen LogP contribution in [0.1, 0.15) is 37.5 Å². The molecule has 0 aliphatic heterocycles. The van der Waals surface area contributed by atoms with E-state index >= 15 is 0 Å². The second-order valence-electron chi connectivity index (χ2n) is 4.64. The number of ether oxygens (including phenoxy) is 1. The number of nitrogens with zero attached hydrogens (tertiary/aromatic N) is 1. The van der Waals surface area contributed by atoms with Gasteiger partial charge in [0.25, 0.3) is 0 Å². The maximum Gasteiger partial charge on any atom is 0.343 e. The van der Waals surface area contributed by atoms with Gasteiger partial charge in [-0.3, -0.25) is 9.78 Å². The van der Waals surface area contributed by atoms with Crippen molar-refractivity contribution in [3.05, 3.63) is 58.4 Å². The van der Waals surface area contributed by atoms with Crippen LogP contribution in [0.25, 0.3) is 0 Å². The minimum absolute atomic E-state index is 0.227. The molecule has 102 valence electrons. The van der Waals surface area contributed by atoms with E-state index in [2.05, 4.69) is 4.98 Å². The minimum Gasteiger partial charge on any atom is -0.420 e. The van der Waals surface area contributed by atoms with Crippen molar-refractivity contribution in [1.82, 2.24) is 4.98 Å². The maximum atomic E-state index is 12.1. The summed E-state index contributed by atoms with van der Waals surface area (Å²) in [4.78, 5) is 27.3. The van der Waals surface area contributed by atoms with Gasteiger partial charge in [-0.05, 0) is 38.5 Å². The Morgan fingerprint density at radius 2 is 1.80 bits per heavy atom. The van der Waals surface area contributed by atoms with E-state index in [0.29, 0.717) is 28.7 Å². The first-order chi connectivity index (χ1) is 9.52. The van der Waals surface area contributed by atoms with Crippen LogP contribution in [0.2, 0.25) is 0 Å². The number of aryl methyl sites for hydroxylation is 3. The number of carbonyl (C=O) groups excluding carboxylic acids is 2. The molecule has 0 radical (unpaired) electrons. The van der Waals surface area contributed by atoms with E-state index in [1.807, 2.05) is 19.1 Å². The fourth-order valence-corrected chi connectivity index (χ4v) is 1.81. The van der Waals surface area contributed by atoms with Crippen LogP contribution in [0.5, 0.6) is 5.75 Å². The van der Waals surface area contributed by atoms with Crippen molar-refractivity contribution in [2.75, 3.05) is 0 Å². The van der Waals surface area contributed by atoms with E-state index < -0.39 is 5.97 Å². The van der Waals surface area contributed by atoms with Crippen LogP contribution in [0, 0.1) is 20.8 Å². The number of aldehydes is 1. The molecular weight excluding hydrogens is 254 g/mol. The molecule has 0 amide bonds.